The smallest absolute Gasteiger partial charge is 0.437 e. The van der Waals surface area contributed by atoms with Crippen LogP contribution in [-0.4, -0.2) is 25.5 Å². The van der Waals surface area contributed by atoms with E-state index in [2.05, 4.69) is 10.1 Å². The fourth-order valence-corrected chi connectivity index (χ4v) is 3.25. The lowest BCUT2D eigenvalue weighted by Crippen LogP contribution is -2.39. The van der Waals surface area contributed by atoms with Gasteiger partial charge in [0.25, 0.3) is 0 Å². The van der Waals surface area contributed by atoms with Gasteiger partial charge in [-0.05, 0) is 38.8 Å². The summed E-state index contributed by atoms with van der Waals surface area (Å²) in [5.74, 6) is 0.0482. The minimum atomic E-state index is -0.969. The van der Waals surface area contributed by atoms with Crippen molar-refractivity contribution in [3.63, 3.8) is 0 Å². The maximum absolute atomic E-state index is 12.3. The molecule has 2 rings (SSSR count). The van der Waals surface area contributed by atoms with Gasteiger partial charge in [-0.2, -0.15) is 0 Å². The fourth-order valence-electron chi connectivity index (χ4n) is 2.67. The summed E-state index contributed by atoms with van der Waals surface area (Å²) in [6.07, 6.45) is -1.42. The second-order valence-electron chi connectivity index (χ2n) is 6.53. The van der Waals surface area contributed by atoms with Crippen LogP contribution < -0.4 is 10.2 Å². The van der Waals surface area contributed by atoms with Crippen LogP contribution >= 0.6 is 34.8 Å². The average Bonchev–Trinajstić information content (AvgIpc) is 2.71. The van der Waals surface area contributed by atoms with E-state index in [9.17, 15) is 9.59 Å². The number of rotatable bonds is 6. The molecule has 0 amide bonds. The highest BCUT2D eigenvalue weighted by Crippen LogP contribution is 2.40. The standard InChI is InChI=1S/C20H23Cl3N2O6/c1-6-14-17(30-19(26)28-5)25(11-8-12(21)16(23)13(22)9-11)18(15(7-2)24-14)31-20(27)29-10(3)4/h8-10,24H,6-7H2,1-5H3. The van der Waals surface area contributed by atoms with Crippen LogP contribution in [0.3, 0.4) is 0 Å². The molecule has 0 saturated heterocycles. The Kier molecular flexibility index (Phi) is 8.73. The predicted octanol–water partition coefficient (Wildman–Crippen LogP) is 6.56. The van der Waals surface area contributed by atoms with E-state index in [1.165, 1.54) is 24.1 Å². The molecule has 0 saturated carbocycles. The van der Waals surface area contributed by atoms with Crippen molar-refractivity contribution in [1.82, 2.24) is 5.32 Å². The third-order valence-corrected chi connectivity index (χ3v) is 5.21. The van der Waals surface area contributed by atoms with Gasteiger partial charge in [-0.1, -0.05) is 48.7 Å². The maximum atomic E-state index is 12.3. The van der Waals surface area contributed by atoms with Gasteiger partial charge in [0.1, 0.15) is 0 Å². The molecule has 31 heavy (non-hydrogen) atoms. The van der Waals surface area contributed by atoms with Gasteiger partial charge in [-0.25, -0.2) is 14.5 Å². The minimum Gasteiger partial charge on any atom is -0.437 e. The Morgan fingerprint density at radius 1 is 0.968 bits per heavy atom. The zero-order valence-electron chi connectivity index (χ0n) is 17.7. The molecule has 1 aromatic carbocycles. The van der Waals surface area contributed by atoms with E-state index in [-0.39, 0.29) is 26.8 Å². The maximum Gasteiger partial charge on any atom is 0.515 e. The highest BCUT2D eigenvalue weighted by molar-refractivity contribution is 6.48. The number of ether oxygens (including phenoxy) is 4. The van der Waals surface area contributed by atoms with Gasteiger partial charge in [0.15, 0.2) is 0 Å². The van der Waals surface area contributed by atoms with Crippen LogP contribution in [0.1, 0.15) is 40.5 Å². The molecule has 1 aliphatic heterocycles. The molecule has 1 aliphatic rings. The first-order valence-corrected chi connectivity index (χ1v) is 10.6. The van der Waals surface area contributed by atoms with Gasteiger partial charge < -0.3 is 24.3 Å². The number of allylic oxidation sites excluding steroid dienone is 2. The molecule has 0 atom stereocenters. The van der Waals surface area contributed by atoms with Gasteiger partial charge in [0.2, 0.25) is 11.8 Å². The molecule has 0 unspecified atom stereocenters. The van der Waals surface area contributed by atoms with E-state index >= 15 is 0 Å². The van der Waals surface area contributed by atoms with Crippen LogP contribution in [0.5, 0.6) is 0 Å². The van der Waals surface area contributed by atoms with E-state index in [1.54, 1.807) is 13.8 Å². The van der Waals surface area contributed by atoms with Crippen molar-refractivity contribution in [2.24, 2.45) is 0 Å². The molecule has 11 heteroatoms. The van der Waals surface area contributed by atoms with Crippen molar-refractivity contribution in [3.05, 3.63) is 50.4 Å². The lowest BCUT2D eigenvalue weighted by molar-refractivity contribution is 0.0492. The van der Waals surface area contributed by atoms with Crippen molar-refractivity contribution in [3.8, 4) is 0 Å². The molecule has 0 aromatic heterocycles. The molecule has 1 aromatic rings. The van der Waals surface area contributed by atoms with Gasteiger partial charge in [-0.3, -0.25) is 0 Å². The summed E-state index contributed by atoms with van der Waals surface area (Å²) in [7, 11) is 1.18. The van der Waals surface area contributed by atoms with Crippen LogP contribution in [0.15, 0.2) is 35.3 Å². The fraction of sp³-hybridized carbons (Fsp3) is 0.400. The molecule has 8 nitrogen and oxygen atoms in total. The largest absolute Gasteiger partial charge is 0.515 e. The second kappa shape index (κ2) is 10.8. The van der Waals surface area contributed by atoms with Crippen LogP contribution in [0.2, 0.25) is 15.1 Å². The summed E-state index contributed by atoms with van der Waals surface area (Å²) >= 11 is 18.5. The van der Waals surface area contributed by atoms with E-state index in [4.69, 9.17) is 49.0 Å². The van der Waals surface area contributed by atoms with E-state index in [1.807, 2.05) is 13.8 Å². The normalized spacial score (nSPS) is 13.9. The predicted molar refractivity (Wildman–Crippen MR) is 118 cm³/mol. The Morgan fingerprint density at radius 3 is 1.87 bits per heavy atom. The summed E-state index contributed by atoms with van der Waals surface area (Å²) in [5.41, 5.74) is 1.41. The molecule has 1 heterocycles. The average molecular weight is 494 g/mol. The Morgan fingerprint density at radius 2 is 1.45 bits per heavy atom. The van der Waals surface area contributed by atoms with Gasteiger partial charge >= 0.3 is 12.3 Å². The number of nitrogens with one attached hydrogen (secondary N) is 1. The number of anilines is 1. The molecule has 170 valence electrons. The molecule has 0 aliphatic carbocycles. The van der Waals surface area contributed by atoms with Crippen LogP contribution in [0.25, 0.3) is 0 Å². The third kappa shape index (κ3) is 5.90. The number of nitrogens with zero attached hydrogens (tertiary/aromatic N) is 1. The number of carbonyl (C=O) groups excluding carboxylic acids is 2. The summed E-state index contributed by atoms with van der Waals surface area (Å²) < 4.78 is 20.7. The zero-order valence-corrected chi connectivity index (χ0v) is 19.9. The molecular formula is C20H23Cl3N2O6. The first-order valence-electron chi connectivity index (χ1n) is 9.45. The van der Waals surface area contributed by atoms with Gasteiger partial charge in [0, 0.05) is 0 Å². The first-order chi connectivity index (χ1) is 14.6. The van der Waals surface area contributed by atoms with E-state index in [0.717, 1.165) is 0 Å². The minimum absolute atomic E-state index is 0.0216. The summed E-state index contributed by atoms with van der Waals surface area (Å²) in [6, 6.07) is 3.00. The molecular weight excluding hydrogens is 471 g/mol. The highest BCUT2D eigenvalue weighted by Gasteiger charge is 2.35. The molecule has 1 N–H and O–H groups in total. The third-order valence-electron chi connectivity index (χ3n) is 4.02. The first kappa shape index (κ1) is 25.0. The molecule has 0 bridgehead atoms. The van der Waals surface area contributed by atoms with Crippen LogP contribution in [-0.2, 0) is 18.9 Å². The number of halogens is 3. The Labute approximate surface area is 195 Å². The van der Waals surface area contributed by atoms with Gasteiger partial charge in [0.05, 0.1) is 45.4 Å². The number of hydrogen-bond donors (Lipinski definition) is 1. The molecule has 0 radical (unpaired) electrons. The van der Waals surface area contributed by atoms with Crippen molar-refractivity contribution in [2.45, 2.75) is 46.6 Å². The number of carbonyl (C=O) groups is 2. The highest BCUT2D eigenvalue weighted by atomic mass is 35.5. The Hall–Kier alpha value is -2.29. The van der Waals surface area contributed by atoms with E-state index in [0.29, 0.717) is 29.9 Å². The van der Waals surface area contributed by atoms with Crippen molar-refractivity contribution >= 4 is 52.8 Å². The monoisotopic (exact) mass is 492 g/mol. The van der Waals surface area contributed by atoms with Crippen LogP contribution in [0.4, 0.5) is 15.3 Å². The SMILES string of the molecule is CCC1=C(OC(=O)OC)N(c2cc(Cl)c(Cl)c(Cl)c2)C(OC(=O)OC(C)C)=C(CC)N1. The van der Waals surface area contributed by atoms with E-state index < -0.39 is 18.4 Å². The number of methoxy groups -OCH3 is 1. The van der Waals surface area contributed by atoms with Crippen molar-refractivity contribution < 1.29 is 28.5 Å². The molecule has 0 fully saturated rings. The second-order valence-corrected chi connectivity index (χ2v) is 7.73. The number of benzene rings is 1. The van der Waals surface area contributed by atoms with Crippen LogP contribution in [0, 0.1) is 0 Å². The summed E-state index contributed by atoms with van der Waals surface area (Å²) in [4.78, 5) is 25.7. The van der Waals surface area contributed by atoms with Crippen molar-refractivity contribution in [1.29, 1.82) is 0 Å². The lowest BCUT2D eigenvalue weighted by atomic mass is 10.2. The van der Waals surface area contributed by atoms with Crippen molar-refractivity contribution in [2.75, 3.05) is 12.0 Å². The number of hydrogen-bond acceptors (Lipinski definition) is 8. The van der Waals surface area contributed by atoms with Gasteiger partial charge in [-0.15, -0.1) is 0 Å². The zero-order chi connectivity index (χ0) is 23.3. The molecule has 0 spiro atoms. The quantitative estimate of drug-likeness (QED) is 0.352. The summed E-state index contributed by atoms with van der Waals surface area (Å²) in [5, 5.41) is 3.60. The topological polar surface area (TPSA) is 86.3 Å². The lowest BCUT2D eigenvalue weighted by Gasteiger charge is -2.35. The Bertz CT molecular complexity index is 906. The Balaban J connectivity index is 2.70. The summed E-state index contributed by atoms with van der Waals surface area (Å²) in [6.45, 7) is 7.09.